The van der Waals surface area contributed by atoms with Crippen molar-refractivity contribution in [1.29, 1.82) is 0 Å². The van der Waals surface area contributed by atoms with Crippen LogP contribution in [0.3, 0.4) is 0 Å². The highest BCUT2D eigenvalue weighted by Gasteiger charge is 2.36. The average Bonchev–Trinajstić information content (AvgIpc) is 3.28. The van der Waals surface area contributed by atoms with Gasteiger partial charge in [0.2, 0.25) is 0 Å². The first-order valence-corrected chi connectivity index (χ1v) is 11.7. The molecule has 10 heteroatoms. The maximum absolute atomic E-state index is 12.9. The lowest BCUT2D eigenvalue weighted by Gasteiger charge is -2.40. The first-order chi connectivity index (χ1) is 17.0. The number of amides is 1. The number of carbonyl (C=O) groups is 1. The molecule has 0 saturated heterocycles. The molecule has 1 aliphatic rings. The van der Waals surface area contributed by atoms with Crippen LogP contribution in [0.2, 0.25) is 5.02 Å². The first kappa shape index (κ1) is 23.1. The molecule has 0 bridgehead atoms. The number of rotatable bonds is 8. The van der Waals surface area contributed by atoms with Gasteiger partial charge in [-0.05, 0) is 25.0 Å². The van der Waals surface area contributed by atoms with Crippen LogP contribution in [0.4, 0.5) is 0 Å². The van der Waals surface area contributed by atoms with Crippen molar-refractivity contribution >= 4 is 23.3 Å². The van der Waals surface area contributed by atoms with Crippen LogP contribution in [0.1, 0.15) is 35.3 Å². The molecule has 0 spiro atoms. The standard InChI is InChI=1S/C25H24ClN5O4/c26-18-8-4-9-19(21(18)23(34)27-14-25(15-32)10-5-11-25)35-13-17-12-20(33)31-24(28-17)29-22(30-31)16-6-2-1-3-7-16/h1-4,6-9,12,32H,5,10-11,13-15H2,(H,27,34)(H,28,29,30). The summed E-state index contributed by atoms with van der Waals surface area (Å²) in [4.78, 5) is 34.4. The minimum absolute atomic E-state index is 0.0298. The first-order valence-electron chi connectivity index (χ1n) is 11.3. The number of nitrogens with zero attached hydrogens (tertiary/aromatic N) is 3. The van der Waals surface area contributed by atoms with E-state index in [4.69, 9.17) is 16.3 Å². The molecule has 2 heterocycles. The van der Waals surface area contributed by atoms with Gasteiger partial charge in [-0.1, -0.05) is 54.4 Å². The topological polar surface area (TPSA) is 122 Å². The molecule has 35 heavy (non-hydrogen) atoms. The van der Waals surface area contributed by atoms with E-state index in [1.807, 2.05) is 30.3 Å². The molecule has 2 aromatic heterocycles. The van der Waals surface area contributed by atoms with E-state index in [0.717, 1.165) is 24.8 Å². The molecule has 1 saturated carbocycles. The molecule has 0 radical (unpaired) electrons. The monoisotopic (exact) mass is 493 g/mol. The van der Waals surface area contributed by atoms with Crippen molar-refractivity contribution in [3.63, 3.8) is 0 Å². The lowest BCUT2D eigenvalue weighted by molar-refractivity contribution is 0.0428. The highest BCUT2D eigenvalue weighted by Crippen LogP contribution is 2.39. The molecule has 3 N–H and O–H groups in total. The molecule has 4 aromatic rings. The van der Waals surface area contributed by atoms with Gasteiger partial charge in [0.05, 0.1) is 22.9 Å². The summed E-state index contributed by atoms with van der Waals surface area (Å²) in [6, 6.07) is 15.7. The Balaban J connectivity index is 1.35. The van der Waals surface area contributed by atoms with Gasteiger partial charge in [-0.3, -0.25) is 14.7 Å². The number of nitrogens with one attached hydrogen (secondary N) is 2. The molecule has 1 fully saturated rings. The molecule has 1 amide bonds. The fourth-order valence-electron chi connectivity index (χ4n) is 4.15. The number of carbonyl (C=O) groups excluding carboxylic acids is 1. The Morgan fingerprint density at radius 2 is 1.97 bits per heavy atom. The molecule has 2 aromatic carbocycles. The maximum Gasteiger partial charge on any atom is 0.274 e. The molecule has 0 unspecified atom stereocenters. The van der Waals surface area contributed by atoms with Crippen LogP contribution in [-0.4, -0.2) is 43.7 Å². The van der Waals surface area contributed by atoms with Crippen molar-refractivity contribution in [2.45, 2.75) is 25.9 Å². The van der Waals surface area contributed by atoms with Gasteiger partial charge in [0, 0.05) is 23.6 Å². The highest BCUT2D eigenvalue weighted by atomic mass is 35.5. The Hall–Kier alpha value is -3.69. The quantitative estimate of drug-likeness (QED) is 0.346. The second-order valence-corrected chi connectivity index (χ2v) is 9.16. The van der Waals surface area contributed by atoms with Gasteiger partial charge in [-0.2, -0.15) is 9.50 Å². The van der Waals surface area contributed by atoms with Gasteiger partial charge < -0.3 is 15.2 Å². The zero-order chi connectivity index (χ0) is 24.4. The normalized spacial score (nSPS) is 14.5. The number of hydrogen-bond acceptors (Lipinski definition) is 6. The van der Waals surface area contributed by atoms with Crippen molar-refractivity contribution in [2.75, 3.05) is 13.2 Å². The van der Waals surface area contributed by atoms with Gasteiger partial charge in [0.1, 0.15) is 12.4 Å². The zero-order valence-corrected chi connectivity index (χ0v) is 19.6. The molecule has 180 valence electrons. The lowest BCUT2D eigenvalue weighted by Crippen LogP contribution is -2.44. The Bertz CT molecular complexity index is 1420. The molecular weight excluding hydrogens is 470 g/mol. The summed E-state index contributed by atoms with van der Waals surface area (Å²) in [5.41, 5.74) is 0.796. The van der Waals surface area contributed by atoms with Gasteiger partial charge >= 0.3 is 0 Å². The smallest absolute Gasteiger partial charge is 0.274 e. The number of hydrogen-bond donors (Lipinski definition) is 3. The van der Waals surface area contributed by atoms with Crippen molar-refractivity contribution in [3.05, 3.63) is 81.2 Å². The summed E-state index contributed by atoms with van der Waals surface area (Å²) < 4.78 is 7.14. The van der Waals surface area contributed by atoms with Crippen LogP contribution < -0.4 is 15.6 Å². The van der Waals surface area contributed by atoms with E-state index in [1.54, 1.807) is 18.2 Å². The zero-order valence-electron chi connectivity index (χ0n) is 18.8. The SMILES string of the molecule is O=C(NCC1(CO)CCC1)c1c(Cl)cccc1OCc1cc(=O)n2[nH]c(-c3ccccc3)nc2n1. The predicted molar refractivity (Wildman–Crippen MR) is 131 cm³/mol. The second kappa shape index (κ2) is 9.52. The minimum atomic E-state index is -0.381. The number of aromatic amines is 1. The summed E-state index contributed by atoms with van der Waals surface area (Å²) in [6.45, 7) is 0.341. The van der Waals surface area contributed by atoms with E-state index >= 15 is 0 Å². The van der Waals surface area contributed by atoms with E-state index in [2.05, 4.69) is 20.4 Å². The number of fused-ring (bicyclic) bond motifs is 1. The number of aromatic nitrogens is 4. The van der Waals surface area contributed by atoms with Gasteiger partial charge in [-0.15, -0.1) is 0 Å². The van der Waals surface area contributed by atoms with Crippen LogP contribution in [-0.2, 0) is 6.61 Å². The fourth-order valence-corrected chi connectivity index (χ4v) is 4.40. The van der Waals surface area contributed by atoms with Crippen LogP contribution in [0, 0.1) is 5.41 Å². The molecule has 1 aliphatic carbocycles. The number of halogens is 1. The molecular formula is C25H24ClN5O4. The van der Waals surface area contributed by atoms with E-state index in [0.29, 0.717) is 18.1 Å². The minimum Gasteiger partial charge on any atom is -0.486 e. The summed E-state index contributed by atoms with van der Waals surface area (Å²) in [7, 11) is 0. The third kappa shape index (κ3) is 4.65. The van der Waals surface area contributed by atoms with Gasteiger partial charge in [-0.25, -0.2) is 4.98 Å². The predicted octanol–water partition coefficient (Wildman–Crippen LogP) is 3.21. The second-order valence-electron chi connectivity index (χ2n) is 8.76. The van der Waals surface area contributed by atoms with Crippen molar-refractivity contribution < 1.29 is 14.6 Å². The average molecular weight is 494 g/mol. The highest BCUT2D eigenvalue weighted by molar-refractivity contribution is 6.34. The molecule has 0 aliphatic heterocycles. The Labute approximate surface area is 205 Å². The van der Waals surface area contributed by atoms with Crippen molar-refractivity contribution in [3.8, 4) is 17.1 Å². The number of H-pyrrole nitrogens is 1. The van der Waals surface area contributed by atoms with E-state index < -0.39 is 0 Å². The number of benzene rings is 2. The third-order valence-corrected chi connectivity index (χ3v) is 6.70. The van der Waals surface area contributed by atoms with Gasteiger partial charge in [0.25, 0.3) is 17.2 Å². The largest absolute Gasteiger partial charge is 0.486 e. The van der Waals surface area contributed by atoms with Crippen molar-refractivity contribution in [1.82, 2.24) is 24.9 Å². The third-order valence-electron chi connectivity index (χ3n) is 6.38. The number of aliphatic hydroxyl groups excluding tert-OH is 1. The summed E-state index contributed by atoms with van der Waals surface area (Å²) in [5.74, 6) is 0.632. The van der Waals surface area contributed by atoms with Crippen molar-refractivity contribution in [2.24, 2.45) is 5.41 Å². The van der Waals surface area contributed by atoms with Crippen LogP contribution in [0.15, 0.2) is 59.4 Å². The number of aliphatic hydroxyl groups is 1. The fraction of sp³-hybridized carbons (Fsp3) is 0.280. The van der Waals surface area contributed by atoms with Crippen LogP contribution in [0.5, 0.6) is 5.75 Å². The Morgan fingerprint density at radius 3 is 2.69 bits per heavy atom. The summed E-state index contributed by atoms with van der Waals surface area (Å²) in [5, 5.41) is 15.7. The summed E-state index contributed by atoms with van der Waals surface area (Å²) in [6.07, 6.45) is 2.79. The molecule has 5 rings (SSSR count). The number of ether oxygens (including phenoxy) is 1. The summed E-state index contributed by atoms with van der Waals surface area (Å²) >= 11 is 6.33. The lowest BCUT2D eigenvalue weighted by atomic mass is 9.69. The molecule has 0 atom stereocenters. The maximum atomic E-state index is 12.9. The van der Waals surface area contributed by atoms with E-state index in [1.165, 1.54) is 10.6 Å². The van der Waals surface area contributed by atoms with Gasteiger partial charge in [0.15, 0.2) is 5.82 Å². The van der Waals surface area contributed by atoms with Crippen LogP contribution in [0.25, 0.3) is 17.2 Å². The van der Waals surface area contributed by atoms with E-state index in [-0.39, 0.29) is 52.2 Å². The molecule has 9 nitrogen and oxygen atoms in total. The van der Waals surface area contributed by atoms with E-state index in [9.17, 15) is 14.7 Å². The van der Waals surface area contributed by atoms with Crippen LogP contribution >= 0.6 is 11.6 Å². The Morgan fingerprint density at radius 1 is 1.17 bits per heavy atom. The Kier molecular flexibility index (Phi) is 6.27.